The maximum Gasteiger partial charge on any atom is 0.472 e. The van der Waals surface area contributed by atoms with Gasteiger partial charge in [0.25, 0.3) is 0 Å². The Kier molecular flexibility index (Phi) is 63.0. The molecule has 0 saturated heterocycles. The molecule has 17 nitrogen and oxygen atoms in total. The summed E-state index contributed by atoms with van der Waals surface area (Å²) in [6, 6.07) is 0. The average molecular weight is 1330 g/mol. The Morgan fingerprint density at radius 1 is 0.300 bits per heavy atom. The summed E-state index contributed by atoms with van der Waals surface area (Å²) in [5, 5.41) is 10.6. The predicted octanol–water partition coefficient (Wildman–Crippen LogP) is 20.5. The first-order valence-electron chi connectivity index (χ1n) is 37.1. The molecule has 0 bridgehead atoms. The first-order chi connectivity index (χ1) is 43.5. The highest BCUT2D eigenvalue weighted by atomic mass is 31.2. The molecule has 0 saturated carbocycles. The second kappa shape index (κ2) is 64.4. The van der Waals surface area contributed by atoms with Gasteiger partial charge in [-0.25, -0.2) is 9.13 Å². The number of rotatable bonds is 71. The highest BCUT2D eigenvalue weighted by molar-refractivity contribution is 7.47. The number of aliphatic hydroxyl groups is 1. The SMILES string of the molecule is CCCCCCCCCCCCCCCCCCCC(=O)OC[C@H](COP(=O)(O)OC[C@@H](O)COP(=O)(O)OC[C@@H](COC(=O)CCCCCCCCC)OC(=O)CCCCCCCCCCC)OC(=O)CCCCCCCCCCCCCCCCC(C)C. The Hall–Kier alpha value is -1.94. The van der Waals surface area contributed by atoms with Crippen LogP contribution in [0.5, 0.6) is 0 Å². The van der Waals surface area contributed by atoms with Crippen LogP contribution in [0.1, 0.15) is 369 Å². The molecule has 19 heteroatoms. The van der Waals surface area contributed by atoms with E-state index in [4.69, 9.17) is 37.0 Å². The summed E-state index contributed by atoms with van der Waals surface area (Å²) in [4.78, 5) is 72.4. The van der Waals surface area contributed by atoms with Gasteiger partial charge in [0.15, 0.2) is 12.2 Å². The van der Waals surface area contributed by atoms with Gasteiger partial charge >= 0.3 is 39.5 Å². The summed E-state index contributed by atoms with van der Waals surface area (Å²) in [5.74, 6) is -1.33. The third-order valence-corrected chi connectivity index (χ3v) is 18.4. The molecule has 0 radical (unpaired) electrons. The smallest absolute Gasteiger partial charge is 0.462 e. The zero-order chi connectivity index (χ0) is 66.3. The summed E-state index contributed by atoms with van der Waals surface area (Å²) < 4.78 is 68.2. The van der Waals surface area contributed by atoms with Crippen LogP contribution in [0.15, 0.2) is 0 Å². The molecule has 534 valence electrons. The first-order valence-corrected chi connectivity index (χ1v) is 40.1. The largest absolute Gasteiger partial charge is 0.472 e. The lowest BCUT2D eigenvalue weighted by molar-refractivity contribution is -0.161. The molecule has 2 unspecified atom stereocenters. The van der Waals surface area contributed by atoms with Gasteiger partial charge in [-0.3, -0.25) is 37.3 Å². The van der Waals surface area contributed by atoms with Gasteiger partial charge in [-0.05, 0) is 31.6 Å². The van der Waals surface area contributed by atoms with E-state index in [1.807, 2.05) is 0 Å². The van der Waals surface area contributed by atoms with Crippen molar-refractivity contribution in [2.45, 2.75) is 387 Å². The lowest BCUT2D eigenvalue weighted by Gasteiger charge is -2.21. The van der Waals surface area contributed by atoms with Crippen molar-refractivity contribution in [3.05, 3.63) is 0 Å². The van der Waals surface area contributed by atoms with Crippen LogP contribution in [0.25, 0.3) is 0 Å². The van der Waals surface area contributed by atoms with E-state index in [9.17, 15) is 43.2 Å². The number of phosphoric acid groups is 2. The molecule has 0 aliphatic carbocycles. The monoisotopic (exact) mass is 1320 g/mol. The van der Waals surface area contributed by atoms with Crippen molar-refractivity contribution in [1.29, 1.82) is 0 Å². The number of aliphatic hydroxyl groups excluding tert-OH is 1. The van der Waals surface area contributed by atoms with E-state index in [2.05, 4.69) is 34.6 Å². The van der Waals surface area contributed by atoms with Gasteiger partial charge in [0, 0.05) is 25.7 Å². The van der Waals surface area contributed by atoms with Crippen LogP contribution in [0.4, 0.5) is 0 Å². The highest BCUT2D eigenvalue weighted by Gasteiger charge is 2.30. The zero-order valence-corrected chi connectivity index (χ0v) is 60.1. The van der Waals surface area contributed by atoms with Gasteiger partial charge in [0.05, 0.1) is 26.4 Å². The fourth-order valence-electron chi connectivity index (χ4n) is 10.8. The van der Waals surface area contributed by atoms with Crippen molar-refractivity contribution >= 4 is 39.5 Å². The molecule has 0 rings (SSSR count). The van der Waals surface area contributed by atoms with Crippen LogP contribution in [-0.2, 0) is 65.4 Å². The number of phosphoric ester groups is 2. The van der Waals surface area contributed by atoms with Crippen molar-refractivity contribution in [2.24, 2.45) is 5.92 Å². The first kappa shape index (κ1) is 88.1. The molecule has 90 heavy (non-hydrogen) atoms. The van der Waals surface area contributed by atoms with Gasteiger partial charge in [0.2, 0.25) is 0 Å². The molecule has 0 spiro atoms. The number of unbranched alkanes of at least 4 members (excludes halogenated alkanes) is 43. The van der Waals surface area contributed by atoms with Crippen LogP contribution in [0.2, 0.25) is 0 Å². The van der Waals surface area contributed by atoms with Crippen LogP contribution in [0.3, 0.4) is 0 Å². The van der Waals surface area contributed by atoms with E-state index >= 15 is 0 Å². The van der Waals surface area contributed by atoms with E-state index in [0.29, 0.717) is 25.7 Å². The Bertz CT molecular complexity index is 1740. The van der Waals surface area contributed by atoms with Gasteiger partial charge in [-0.2, -0.15) is 0 Å². The maximum atomic E-state index is 13.0. The van der Waals surface area contributed by atoms with Gasteiger partial charge in [-0.1, -0.05) is 317 Å². The molecule has 0 aliphatic heterocycles. The number of hydrogen-bond donors (Lipinski definition) is 3. The molecule has 0 aromatic rings. The van der Waals surface area contributed by atoms with E-state index in [1.54, 1.807) is 0 Å². The quantitative estimate of drug-likeness (QED) is 0.0222. The minimum Gasteiger partial charge on any atom is -0.462 e. The van der Waals surface area contributed by atoms with Gasteiger partial charge in [-0.15, -0.1) is 0 Å². The van der Waals surface area contributed by atoms with Crippen molar-refractivity contribution < 1.29 is 80.2 Å². The van der Waals surface area contributed by atoms with Crippen LogP contribution in [-0.4, -0.2) is 96.7 Å². The summed E-state index contributed by atoms with van der Waals surface area (Å²) >= 11 is 0. The molecule has 0 fully saturated rings. The van der Waals surface area contributed by atoms with Crippen LogP contribution >= 0.6 is 15.6 Å². The number of carbonyl (C=O) groups is 4. The Morgan fingerprint density at radius 2 is 0.511 bits per heavy atom. The standard InChI is InChI=1S/C71H138O17P2/c1-6-9-12-15-18-20-21-22-23-24-25-29-32-36-40-45-50-55-69(74)82-61-67(88-71(76)57-52-47-42-37-33-30-27-26-28-31-35-39-43-48-53-64(4)5)63-86-90(79,80)84-59-65(72)58-83-89(77,78)85-62-66(60-81-68(73)54-49-44-38-17-14-11-8-3)87-70(75)56-51-46-41-34-19-16-13-10-7-2/h64-67,72H,6-63H2,1-5H3,(H,77,78)(H,79,80)/t65-,66+,67+/m0/s1. The second-order valence-electron chi connectivity index (χ2n) is 26.1. The minimum absolute atomic E-state index is 0.106. The number of carbonyl (C=O) groups excluding carboxylic acids is 4. The zero-order valence-electron chi connectivity index (χ0n) is 58.3. The van der Waals surface area contributed by atoms with E-state index in [-0.39, 0.29) is 25.7 Å². The summed E-state index contributed by atoms with van der Waals surface area (Å²) in [6.45, 7) is 7.22. The molecular weight excluding hydrogens is 1190 g/mol. The molecule has 0 amide bonds. The molecule has 0 aromatic heterocycles. The van der Waals surface area contributed by atoms with Crippen LogP contribution < -0.4 is 0 Å². The minimum atomic E-state index is -4.95. The number of esters is 4. The van der Waals surface area contributed by atoms with Crippen molar-refractivity contribution in [2.75, 3.05) is 39.6 Å². The Balaban J connectivity index is 5.17. The Morgan fingerprint density at radius 3 is 0.756 bits per heavy atom. The van der Waals surface area contributed by atoms with E-state index in [0.717, 1.165) is 109 Å². The predicted molar refractivity (Wildman–Crippen MR) is 363 cm³/mol. The highest BCUT2D eigenvalue weighted by Crippen LogP contribution is 2.45. The van der Waals surface area contributed by atoms with Crippen molar-refractivity contribution in [3.8, 4) is 0 Å². The normalized spacial score (nSPS) is 14.1. The Labute approximate surface area is 549 Å². The second-order valence-corrected chi connectivity index (χ2v) is 29.0. The summed E-state index contributed by atoms with van der Waals surface area (Å²) in [7, 11) is -9.89. The third kappa shape index (κ3) is 64.8. The number of ether oxygens (including phenoxy) is 4. The van der Waals surface area contributed by atoms with Gasteiger partial charge in [0.1, 0.15) is 19.3 Å². The average Bonchev–Trinajstić information content (AvgIpc) is 3.67. The van der Waals surface area contributed by atoms with E-state index in [1.165, 1.54) is 180 Å². The summed E-state index contributed by atoms with van der Waals surface area (Å²) in [6.07, 6.45) is 51.5. The van der Waals surface area contributed by atoms with E-state index < -0.39 is 97.5 Å². The van der Waals surface area contributed by atoms with Crippen molar-refractivity contribution in [3.63, 3.8) is 0 Å². The van der Waals surface area contributed by atoms with Gasteiger partial charge < -0.3 is 33.8 Å². The molecule has 0 aromatic carbocycles. The lowest BCUT2D eigenvalue weighted by atomic mass is 10.0. The molecule has 0 aliphatic rings. The fourth-order valence-corrected chi connectivity index (χ4v) is 12.4. The lowest BCUT2D eigenvalue weighted by Crippen LogP contribution is -2.30. The molecular formula is C71H138O17P2. The van der Waals surface area contributed by atoms with Crippen LogP contribution in [0, 0.1) is 5.92 Å². The molecule has 3 N–H and O–H groups in total. The maximum absolute atomic E-state index is 13.0. The summed E-state index contributed by atoms with van der Waals surface area (Å²) in [5.41, 5.74) is 0. The fraction of sp³-hybridized carbons (Fsp3) is 0.944. The number of hydrogen-bond acceptors (Lipinski definition) is 15. The topological polar surface area (TPSA) is 237 Å². The molecule has 0 heterocycles. The third-order valence-electron chi connectivity index (χ3n) is 16.5. The van der Waals surface area contributed by atoms with Crippen molar-refractivity contribution in [1.82, 2.24) is 0 Å². The molecule has 5 atom stereocenters.